The Balaban J connectivity index is 2.46. The molecule has 0 atom stereocenters. The number of aryl methyl sites for hydroxylation is 2. The van der Waals surface area contributed by atoms with Crippen LogP contribution in [0.5, 0.6) is 0 Å². The lowest BCUT2D eigenvalue weighted by Gasteiger charge is -2.08. The summed E-state index contributed by atoms with van der Waals surface area (Å²) in [4.78, 5) is 0.000225. The monoisotopic (exact) mass is 277 g/mol. The second-order valence-electron chi connectivity index (χ2n) is 3.92. The van der Waals surface area contributed by atoms with Crippen molar-refractivity contribution in [3.05, 3.63) is 41.3 Å². The third-order valence-electron chi connectivity index (χ3n) is 2.53. The zero-order valence-corrected chi connectivity index (χ0v) is 11.2. The Morgan fingerprint density at radius 2 is 2.00 bits per heavy atom. The standard InChI is InChI=1S/C12H11N3O3S/c1-8-12(9(2)18-14-8)19(16,17)15-11-6-4-3-5-10(11)7-13/h3-6,15H,1-2H3. The number of nitrogens with one attached hydrogen (secondary N) is 1. The molecule has 2 rings (SSSR count). The van der Waals surface area contributed by atoms with Gasteiger partial charge in [0.15, 0.2) is 10.7 Å². The highest BCUT2D eigenvalue weighted by Gasteiger charge is 2.24. The molecule has 98 valence electrons. The van der Waals surface area contributed by atoms with Crippen molar-refractivity contribution in [3.8, 4) is 6.07 Å². The molecule has 0 radical (unpaired) electrons. The van der Waals surface area contributed by atoms with E-state index in [1.54, 1.807) is 19.1 Å². The van der Waals surface area contributed by atoms with Gasteiger partial charge in [-0.15, -0.1) is 0 Å². The molecule has 0 spiro atoms. The molecule has 2 aromatic rings. The fraction of sp³-hybridized carbons (Fsp3) is 0.167. The van der Waals surface area contributed by atoms with E-state index in [2.05, 4.69) is 9.88 Å². The quantitative estimate of drug-likeness (QED) is 0.925. The number of aromatic nitrogens is 1. The van der Waals surface area contributed by atoms with E-state index in [-0.39, 0.29) is 27.6 Å². The zero-order valence-electron chi connectivity index (χ0n) is 10.3. The van der Waals surface area contributed by atoms with Gasteiger partial charge in [0.2, 0.25) is 0 Å². The van der Waals surface area contributed by atoms with E-state index in [0.717, 1.165) is 0 Å². The molecule has 0 amide bonds. The van der Waals surface area contributed by atoms with Gasteiger partial charge in [-0.1, -0.05) is 17.3 Å². The maximum Gasteiger partial charge on any atom is 0.267 e. The molecule has 0 aliphatic heterocycles. The van der Waals surface area contributed by atoms with Crippen molar-refractivity contribution in [1.29, 1.82) is 5.26 Å². The summed E-state index contributed by atoms with van der Waals surface area (Å²) in [5.74, 6) is 0.208. The topological polar surface area (TPSA) is 96.0 Å². The van der Waals surface area contributed by atoms with Crippen molar-refractivity contribution in [2.75, 3.05) is 4.72 Å². The van der Waals surface area contributed by atoms with E-state index < -0.39 is 10.0 Å². The number of hydrogen-bond donors (Lipinski definition) is 1. The van der Waals surface area contributed by atoms with Crippen LogP contribution in [0.2, 0.25) is 0 Å². The maximum absolute atomic E-state index is 12.3. The summed E-state index contributed by atoms with van der Waals surface area (Å²) in [6, 6.07) is 8.29. The van der Waals surface area contributed by atoms with Crippen LogP contribution >= 0.6 is 0 Å². The highest BCUT2D eigenvalue weighted by molar-refractivity contribution is 7.92. The Bertz CT molecular complexity index is 737. The number of para-hydroxylation sites is 1. The Labute approximate surface area is 110 Å². The molecule has 0 aliphatic carbocycles. The number of hydrogen-bond acceptors (Lipinski definition) is 5. The normalized spacial score (nSPS) is 11.0. The predicted octanol–water partition coefficient (Wildman–Crippen LogP) is 1.96. The molecule has 19 heavy (non-hydrogen) atoms. The molecule has 7 heteroatoms. The second kappa shape index (κ2) is 4.74. The average molecular weight is 277 g/mol. The molecule has 0 aliphatic rings. The van der Waals surface area contributed by atoms with E-state index in [1.807, 2.05) is 6.07 Å². The van der Waals surface area contributed by atoms with Crippen LogP contribution in [0.4, 0.5) is 5.69 Å². The first-order valence-corrected chi connectivity index (χ1v) is 6.89. The molecule has 0 unspecified atom stereocenters. The average Bonchev–Trinajstić information content (AvgIpc) is 2.70. The van der Waals surface area contributed by atoms with Gasteiger partial charge in [0, 0.05) is 0 Å². The fourth-order valence-corrected chi connectivity index (χ4v) is 3.14. The Kier molecular flexibility index (Phi) is 3.27. The molecule has 1 aromatic carbocycles. The Hall–Kier alpha value is -2.33. The smallest absolute Gasteiger partial charge is 0.267 e. The first-order chi connectivity index (χ1) is 8.95. The molecule has 0 saturated carbocycles. The largest absolute Gasteiger partial charge is 0.360 e. The van der Waals surface area contributed by atoms with Crippen LogP contribution in [0.15, 0.2) is 33.7 Å². The summed E-state index contributed by atoms with van der Waals surface area (Å²) in [5.41, 5.74) is 0.752. The lowest BCUT2D eigenvalue weighted by atomic mass is 10.2. The molecule has 0 fully saturated rings. The highest BCUT2D eigenvalue weighted by atomic mass is 32.2. The van der Waals surface area contributed by atoms with Gasteiger partial charge in [-0.3, -0.25) is 4.72 Å². The summed E-state index contributed by atoms with van der Waals surface area (Å²) in [6.07, 6.45) is 0. The lowest BCUT2D eigenvalue weighted by molar-refractivity contribution is 0.390. The van der Waals surface area contributed by atoms with E-state index in [4.69, 9.17) is 9.78 Å². The van der Waals surface area contributed by atoms with Crippen LogP contribution in [0.25, 0.3) is 0 Å². The summed E-state index contributed by atoms with van der Waals surface area (Å²) in [7, 11) is -3.82. The van der Waals surface area contributed by atoms with Crippen molar-refractivity contribution < 1.29 is 12.9 Å². The number of anilines is 1. The molecule has 1 heterocycles. The number of nitriles is 1. The highest BCUT2D eigenvalue weighted by Crippen LogP contribution is 2.23. The number of rotatable bonds is 3. The maximum atomic E-state index is 12.3. The first kappa shape index (κ1) is 13.1. The van der Waals surface area contributed by atoms with Crippen molar-refractivity contribution in [1.82, 2.24) is 5.16 Å². The summed E-state index contributed by atoms with van der Waals surface area (Å²) >= 11 is 0. The van der Waals surface area contributed by atoms with Crippen LogP contribution in [-0.4, -0.2) is 13.6 Å². The van der Waals surface area contributed by atoms with E-state index in [1.165, 1.54) is 19.1 Å². The fourth-order valence-electron chi connectivity index (χ4n) is 1.72. The predicted molar refractivity (Wildman–Crippen MR) is 67.9 cm³/mol. The van der Waals surface area contributed by atoms with Gasteiger partial charge in [-0.2, -0.15) is 5.26 Å². The molecule has 0 saturated heterocycles. The molecule has 0 bridgehead atoms. The van der Waals surface area contributed by atoms with Crippen LogP contribution in [0.3, 0.4) is 0 Å². The van der Waals surface area contributed by atoms with Gasteiger partial charge in [0.05, 0.1) is 11.3 Å². The van der Waals surface area contributed by atoms with Gasteiger partial charge in [-0.05, 0) is 26.0 Å². The molecular weight excluding hydrogens is 266 g/mol. The van der Waals surface area contributed by atoms with Crippen LogP contribution in [0.1, 0.15) is 17.0 Å². The van der Waals surface area contributed by atoms with Crippen LogP contribution in [-0.2, 0) is 10.0 Å². The minimum Gasteiger partial charge on any atom is -0.360 e. The number of nitrogens with zero attached hydrogens (tertiary/aromatic N) is 2. The van der Waals surface area contributed by atoms with Crippen molar-refractivity contribution in [2.24, 2.45) is 0 Å². The van der Waals surface area contributed by atoms with E-state index in [0.29, 0.717) is 0 Å². The van der Waals surface area contributed by atoms with Crippen LogP contribution < -0.4 is 4.72 Å². The third-order valence-corrected chi connectivity index (χ3v) is 4.14. The summed E-state index contributed by atoms with van der Waals surface area (Å²) < 4.78 is 31.7. The molecule has 6 nitrogen and oxygen atoms in total. The molecule has 1 aromatic heterocycles. The molecule has 1 N–H and O–H groups in total. The van der Waals surface area contributed by atoms with Crippen molar-refractivity contribution in [2.45, 2.75) is 18.7 Å². The Morgan fingerprint density at radius 3 is 2.58 bits per heavy atom. The van der Waals surface area contributed by atoms with Gasteiger partial charge >= 0.3 is 0 Å². The lowest BCUT2D eigenvalue weighted by Crippen LogP contribution is -2.15. The first-order valence-electron chi connectivity index (χ1n) is 5.40. The Morgan fingerprint density at radius 1 is 1.32 bits per heavy atom. The van der Waals surface area contributed by atoms with Gasteiger partial charge in [0.1, 0.15) is 11.8 Å². The summed E-state index contributed by atoms with van der Waals surface area (Å²) in [5, 5.41) is 12.5. The molecular formula is C12H11N3O3S. The van der Waals surface area contributed by atoms with Crippen molar-refractivity contribution >= 4 is 15.7 Å². The second-order valence-corrected chi connectivity index (χ2v) is 5.54. The zero-order chi connectivity index (χ0) is 14.0. The number of benzene rings is 1. The minimum absolute atomic E-state index is 0.000225. The summed E-state index contributed by atoms with van der Waals surface area (Å²) in [6.45, 7) is 3.06. The number of sulfonamides is 1. The van der Waals surface area contributed by atoms with Crippen molar-refractivity contribution in [3.63, 3.8) is 0 Å². The SMILES string of the molecule is Cc1noc(C)c1S(=O)(=O)Nc1ccccc1C#N. The third kappa shape index (κ3) is 2.44. The van der Waals surface area contributed by atoms with E-state index >= 15 is 0 Å². The van der Waals surface area contributed by atoms with Gasteiger partial charge in [0.25, 0.3) is 10.0 Å². The van der Waals surface area contributed by atoms with Crippen LogP contribution in [0, 0.1) is 25.2 Å². The van der Waals surface area contributed by atoms with Gasteiger partial charge in [-0.25, -0.2) is 8.42 Å². The minimum atomic E-state index is -3.82. The van der Waals surface area contributed by atoms with E-state index in [9.17, 15) is 8.42 Å². The van der Waals surface area contributed by atoms with Gasteiger partial charge < -0.3 is 4.52 Å².